The number of hydrogen-bond acceptors (Lipinski definition) is 3. The van der Waals surface area contributed by atoms with Gasteiger partial charge < -0.3 is 4.57 Å². The van der Waals surface area contributed by atoms with Gasteiger partial charge in [-0.25, -0.2) is 17.8 Å². The molecule has 2 aromatic rings. The molecule has 2 rings (SSSR count). The molecule has 0 aliphatic carbocycles. The lowest BCUT2D eigenvalue weighted by atomic mass is 10.3. The highest BCUT2D eigenvalue weighted by atomic mass is 35.5. The minimum atomic E-state index is -3.14. The number of sulfone groups is 1. The molecule has 1 unspecified atom stereocenters. The van der Waals surface area contributed by atoms with Gasteiger partial charge in [0.05, 0.1) is 17.1 Å². The van der Waals surface area contributed by atoms with E-state index in [0.29, 0.717) is 11.3 Å². The van der Waals surface area contributed by atoms with E-state index in [4.69, 9.17) is 11.6 Å². The third kappa shape index (κ3) is 2.90. The van der Waals surface area contributed by atoms with Crippen LogP contribution in [0.2, 0.25) is 0 Å². The van der Waals surface area contributed by atoms with Crippen LogP contribution in [0.25, 0.3) is 11.0 Å². The molecule has 1 atom stereocenters. The Balaban J connectivity index is 2.61. The van der Waals surface area contributed by atoms with E-state index in [1.54, 1.807) is 23.6 Å². The standard InChI is InChI=1S/C12H14ClFN2O2S/c1-8(7-19(2,17)18)16-10-5-3-4-9(14)12(10)15-11(16)6-13/h3-5,8H,6-7H2,1-2H3. The monoisotopic (exact) mass is 304 g/mol. The Morgan fingerprint density at radius 3 is 2.74 bits per heavy atom. The molecule has 0 N–H and O–H groups in total. The van der Waals surface area contributed by atoms with Crippen LogP contribution in [0.5, 0.6) is 0 Å². The Kier molecular flexibility index (Phi) is 3.82. The number of para-hydroxylation sites is 1. The third-order valence-corrected chi connectivity index (χ3v) is 4.18. The molecule has 0 spiro atoms. The number of hydrogen-bond donors (Lipinski definition) is 0. The molecule has 4 nitrogen and oxygen atoms in total. The smallest absolute Gasteiger partial charge is 0.151 e. The Morgan fingerprint density at radius 2 is 2.16 bits per heavy atom. The molecule has 1 heterocycles. The Bertz CT molecular complexity index is 712. The summed E-state index contributed by atoms with van der Waals surface area (Å²) in [6.45, 7) is 1.75. The van der Waals surface area contributed by atoms with E-state index in [1.165, 1.54) is 12.3 Å². The van der Waals surface area contributed by atoms with Gasteiger partial charge in [-0.1, -0.05) is 6.07 Å². The zero-order valence-corrected chi connectivity index (χ0v) is 12.2. The maximum atomic E-state index is 13.7. The van der Waals surface area contributed by atoms with Crippen LogP contribution >= 0.6 is 11.6 Å². The van der Waals surface area contributed by atoms with Crippen molar-refractivity contribution in [3.05, 3.63) is 29.8 Å². The van der Waals surface area contributed by atoms with Crippen molar-refractivity contribution in [2.75, 3.05) is 12.0 Å². The van der Waals surface area contributed by atoms with Gasteiger partial charge in [-0.15, -0.1) is 11.6 Å². The highest BCUT2D eigenvalue weighted by Crippen LogP contribution is 2.24. The highest BCUT2D eigenvalue weighted by Gasteiger charge is 2.20. The van der Waals surface area contributed by atoms with Gasteiger partial charge in [0.2, 0.25) is 0 Å². The van der Waals surface area contributed by atoms with Gasteiger partial charge >= 0.3 is 0 Å². The Labute approximate surface area is 116 Å². The SMILES string of the molecule is CC(CS(C)(=O)=O)n1c(CCl)nc2c(F)cccc21. The van der Waals surface area contributed by atoms with Gasteiger partial charge in [-0.3, -0.25) is 0 Å². The number of nitrogens with zero attached hydrogens (tertiary/aromatic N) is 2. The normalized spacial score (nSPS) is 13.9. The first-order valence-corrected chi connectivity index (χ1v) is 8.32. The quantitative estimate of drug-likeness (QED) is 0.816. The molecule has 0 saturated carbocycles. The maximum absolute atomic E-state index is 13.7. The van der Waals surface area contributed by atoms with Gasteiger partial charge in [0, 0.05) is 12.3 Å². The minimum Gasteiger partial charge on any atom is -0.323 e. The highest BCUT2D eigenvalue weighted by molar-refractivity contribution is 7.90. The van der Waals surface area contributed by atoms with Crippen molar-refractivity contribution >= 4 is 32.5 Å². The summed E-state index contributed by atoms with van der Waals surface area (Å²) in [7, 11) is -3.14. The minimum absolute atomic E-state index is 0.0428. The first-order chi connectivity index (χ1) is 8.83. The molecule has 0 fully saturated rings. The predicted octanol–water partition coefficient (Wildman–Crippen LogP) is 2.52. The molecule has 0 aliphatic rings. The summed E-state index contributed by atoms with van der Waals surface area (Å²) in [6.07, 6.45) is 1.17. The van der Waals surface area contributed by atoms with Gasteiger partial charge in [0.1, 0.15) is 21.2 Å². The van der Waals surface area contributed by atoms with Gasteiger partial charge in [0.25, 0.3) is 0 Å². The van der Waals surface area contributed by atoms with Crippen LogP contribution in [0.15, 0.2) is 18.2 Å². The zero-order valence-electron chi connectivity index (χ0n) is 10.6. The number of fused-ring (bicyclic) bond motifs is 1. The number of imidazole rings is 1. The van der Waals surface area contributed by atoms with E-state index in [1.807, 2.05) is 0 Å². The van der Waals surface area contributed by atoms with Gasteiger partial charge in [0.15, 0.2) is 5.82 Å². The van der Waals surface area contributed by atoms with Gasteiger partial charge in [-0.2, -0.15) is 0 Å². The fourth-order valence-corrected chi connectivity index (χ4v) is 3.44. The van der Waals surface area contributed by atoms with Crippen molar-refractivity contribution in [3.63, 3.8) is 0 Å². The molecule has 104 valence electrons. The van der Waals surface area contributed by atoms with Crippen LogP contribution in [0.4, 0.5) is 4.39 Å². The number of alkyl halides is 1. The summed E-state index contributed by atoms with van der Waals surface area (Å²) in [5, 5.41) is 0. The first kappa shape index (κ1) is 14.3. The van der Waals surface area contributed by atoms with Gasteiger partial charge in [-0.05, 0) is 19.1 Å². The van der Waals surface area contributed by atoms with Crippen molar-refractivity contribution in [1.82, 2.24) is 9.55 Å². The second-order valence-electron chi connectivity index (χ2n) is 4.58. The number of aromatic nitrogens is 2. The number of halogens is 2. The molecule has 0 amide bonds. The summed E-state index contributed by atoms with van der Waals surface area (Å²) in [5.41, 5.74) is 0.783. The van der Waals surface area contributed by atoms with Crippen LogP contribution < -0.4 is 0 Å². The second-order valence-corrected chi connectivity index (χ2v) is 7.03. The van der Waals surface area contributed by atoms with E-state index in [0.717, 1.165) is 0 Å². The van der Waals surface area contributed by atoms with Crippen LogP contribution in [0.3, 0.4) is 0 Å². The summed E-state index contributed by atoms with van der Waals surface area (Å²) in [4.78, 5) is 4.14. The Morgan fingerprint density at radius 1 is 1.47 bits per heavy atom. The van der Waals surface area contributed by atoms with Crippen LogP contribution in [-0.2, 0) is 15.7 Å². The van der Waals surface area contributed by atoms with Crippen LogP contribution in [0, 0.1) is 5.82 Å². The molecular formula is C12H14ClFN2O2S. The van der Waals surface area contributed by atoms with Crippen molar-refractivity contribution in [1.29, 1.82) is 0 Å². The zero-order chi connectivity index (χ0) is 14.2. The van der Waals surface area contributed by atoms with E-state index >= 15 is 0 Å². The third-order valence-electron chi connectivity index (χ3n) is 2.85. The van der Waals surface area contributed by atoms with Crippen LogP contribution in [0.1, 0.15) is 18.8 Å². The summed E-state index contributed by atoms with van der Waals surface area (Å²) >= 11 is 5.82. The summed E-state index contributed by atoms with van der Waals surface area (Å²) in [5.74, 6) is 0.0910. The van der Waals surface area contributed by atoms with E-state index in [9.17, 15) is 12.8 Å². The molecule has 1 aromatic heterocycles. The maximum Gasteiger partial charge on any atom is 0.151 e. The van der Waals surface area contributed by atoms with E-state index in [2.05, 4.69) is 4.98 Å². The van der Waals surface area contributed by atoms with Crippen LogP contribution in [-0.4, -0.2) is 30.0 Å². The lowest BCUT2D eigenvalue weighted by molar-refractivity contribution is 0.561. The molecule has 0 aliphatic heterocycles. The van der Waals surface area contributed by atoms with Crippen molar-refractivity contribution in [2.24, 2.45) is 0 Å². The first-order valence-electron chi connectivity index (χ1n) is 5.72. The lowest BCUT2D eigenvalue weighted by Crippen LogP contribution is -2.18. The summed E-state index contributed by atoms with van der Waals surface area (Å²) < 4.78 is 38.2. The lowest BCUT2D eigenvalue weighted by Gasteiger charge is -2.15. The molecule has 0 saturated heterocycles. The van der Waals surface area contributed by atoms with Crippen molar-refractivity contribution in [3.8, 4) is 0 Å². The largest absolute Gasteiger partial charge is 0.323 e. The number of rotatable bonds is 4. The fourth-order valence-electron chi connectivity index (χ4n) is 2.23. The Hall–Kier alpha value is -1.14. The topological polar surface area (TPSA) is 52.0 Å². The van der Waals surface area contributed by atoms with E-state index in [-0.39, 0.29) is 23.2 Å². The average Bonchev–Trinajstić information content (AvgIpc) is 2.66. The average molecular weight is 305 g/mol. The molecule has 0 radical (unpaired) electrons. The van der Waals surface area contributed by atoms with Crippen molar-refractivity contribution < 1.29 is 12.8 Å². The second kappa shape index (κ2) is 5.09. The molecule has 1 aromatic carbocycles. The fraction of sp³-hybridized carbons (Fsp3) is 0.417. The predicted molar refractivity (Wildman–Crippen MR) is 73.7 cm³/mol. The summed E-state index contributed by atoms with van der Waals surface area (Å²) in [6, 6.07) is 4.25. The number of benzene rings is 1. The molecule has 19 heavy (non-hydrogen) atoms. The van der Waals surface area contributed by atoms with Crippen molar-refractivity contribution in [2.45, 2.75) is 18.8 Å². The molecule has 7 heteroatoms. The van der Waals surface area contributed by atoms with E-state index < -0.39 is 15.7 Å². The molecular weight excluding hydrogens is 291 g/mol. The molecule has 0 bridgehead atoms.